The predicted octanol–water partition coefficient (Wildman–Crippen LogP) is 2.80. The number of halogens is 3. The van der Waals surface area contributed by atoms with Crippen molar-refractivity contribution in [2.75, 3.05) is 13.1 Å². The number of piperidine rings is 1. The number of Topliss-reactive ketones (excluding diaryl/α,β-unsaturated/α-hetero) is 1. The van der Waals surface area contributed by atoms with Crippen LogP contribution in [0.2, 0.25) is 0 Å². The van der Waals surface area contributed by atoms with Crippen molar-refractivity contribution in [3.8, 4) is 0 Å². The summed E-state index contributed by atoms with van der Waals surface area (Å²) in [7, 11) is 0. The Balaban J connectivity index is 1.82. The fraction of sp³-hybridized carbons (Fsp3) is 0.500. The lowest BCUT2D eigenvalue weighted by Gasteiger charge is -2.32. The molecule has 142 valence electrons. The summed E-state index contributed by atoms with van der Waals surface area (Å²) in [5.41, 5.74) is -0.635. The standard InChI is InChI=1S/C18H21F3N2O3/c1-12(24)2-7-16(25)23-10-8-15(9-11-23)22-17(26)13-3-5-14(6-4-13)18(19,20)21/h3-6,15H,2,7-11H2,1H3,(H,22,26). The molecule has 0 bridgehead atoms. The molecule has 0 spiro atoms. The summed E-state index contributed by atoms with van der Waals surface area (Å²) in [5.74, 6) is -0.537. The molecule has 8 heteroatoms. The van der Waals surface area contributed by atoms with Gasteiger partial charge in [-0.3, -0.25) is 9.59 Å². The molecule has 5 nitrogen and oxygen atoms in total. The van der Waals surface area contributed by atoms with E-state index in [1.807, 2.05) is 0 Å². The Morgan fingerprint density at radius 2 is 1.65 bits per heavy atom. The Labute approximate surface area is 149 Å². The van der Waals surface area contributed by atoms with Crippen LogP contribution < -0.4 is 5.32 Å². The number of likely N-dealkylation sites (tertiary alicyclic amines) is 1. The summed E-state index contributed by atoms with van der Waals surface area (Å²) in [6, 6.07) is 3.93. The summed E-state index contributed by atoms with van der Waals surface area (Å²) in [6.45, 7) is 2.40. The number of rotatable bonds is 5. The van der Waals surface area contributed by atoms with Gasteiger partial charge in [0.2, 0.25) is 5.91 Å². The van der Waals surface area contributed by atoms with Crippen molar-refractivity contribution in [3.63, 3.8) is 0 Å². The summed E-state index contributed by atoms with van der Waals surface area (Å²) >= 11 is 0. The van der Waals surface area contributed by atoms with Gasteiger partial charge in [-0.1, -0.05) is 0 Å². The number of ketones is 1. The van der Waals surface area contributed by atoms with Gasteiger partial charge in [-0.05, 0) is 44.0 Å². The molecule has 1 saturated heterocycles. The highest BCUT2D eigenvalue weighted by atomic mass is 19.4. The number of carbonyl (C=O) groups is 3. The highest BCUT2D eigenvalue weighted by Crippen LogP contribution is 2.29. The highest BCUT2D eigenvalue weighted by Gasteiger charge is 2.30. The van der Waals surface area contributed by atoms with Crippen LogP contribution in [0.15, 0.2) is 24.3 Å². The molecule has 0 unspecified atom stereocenters. The van der Waals surface area contributed by atoms with Crippen LogP contribution in [0, 0.1) is 0 Å². The monoisotopic (exact) mass is 370 g/mol. The van der Waals surface area contributed by atoms with Crippen molar-refractivity contribution in [2.24, 2.45) is 0 Å². The molecule has 1 heterocycles. The molecule has 1 aliphatic rings. The van der Waals surface area contributed by atoms with E-state index in [9.17, 15) is 27.6 Å². The van der Waals surface area contributed by atoms with Crippen molar-refractivity contribution >= 4 is 17.6 Å². The lowest BCUT2D eigenvalue weighted by molar-refractivity contribution is -0.137. The molecule has 1 aliphatic heterocycles. The zero-order valence-electron chi connectivity index (χ0n) is 14.4. The molecule has 0 aromatic heterocycles. The molecule has 0 atom stereocenters. The maximum atomic E-state index is 12.5. The number of carbonyl (C=O) groups excluding carboxylic acids is 3. The first-order valence-corrected chi connectivity index (χ1v) is 8.42. The van der Waals surface area contributed by atoms with Gasteiger partial charge < -0.3 is 15.0 Å². The third-order valence-corrected chi connectivity index (χ3v) is 4.35. The molecular weight excluding hydrogens is 349 g/mol. The van der Waals surface area contributed by atoms with E-state index in [1.165, 1.54) is 6.92 Å². The van der Waals surface area contributed by atoms with Gasteiger partial charge in [-0.2, -0.15) is 13.2 Å². The van der Waals surface area contributed by atoms with Crippen molar-refractivity contribution in [1.82, 2.24) is 10.2 Å². The van der Waals surface area contributed by atoms with Crippen LogP contribution >= 0.6 is 0 Å². The van der Waals surface area contributed by atoms with Gasteiger partial charge in [0.05, 0.1) is 5.56 Å². The van der Waals surface area contributed by atoms with Gasteiger partial charge in [0.1, 0.15) is 5.78 Å². The van der Waals surface area contributed by atoms with Gasteiger partial charge in [-0.25, -0.2) is 0 Å². The summed E-state index contributed by atoms with van der Waals surface area (Å²) < 4.78 is 37.6. The predicted molar refractivity (Wildman–Crippen MR) is 88.4 cm³/mol. The first-order chi connectivity index (χ1) is 12.2. The number of benzene rings is 1. The van der Waals surface area contributed by atoms with Crippen LogP contribution in [0.1, 0.15) is 48.5 Å². The third-order valence-electron chi connectivity index (χ3n) is 4.35. The average Bonchev–Trinajstić information content (AvgIpc) is 2.59. The molecule has 0 aliphatic carbocycles. The largest absolute Gasteiger partial charge is 0.416 e. The maximum absolute atomic E-state index is 12.5. The van der Waals surface area contributed by atoms with Crippen molar-refractivity contribution in [3.05, 3.63) is 35.4 Å². The van der Waals surface area contributed by atoms with Crippen LogP contribution in [0.3, 0.4) is 0 Å². The van der Waals surface area contributed by atoms with Crippen LogP contribution in [-0.4, -0.2) is 41.6 Å². The lowest BCUT2D eigenvalue weighted by Crippen LogP contribution is -2.46. The molecule has 0 radical (unpaired) electrons. The fourth-order valence-electron chi connectivity index (χ4n) is 2.79. The normalized spacial score (nSPS) is 15.6. The van der Waals surface area contributed by atoms with Crippen LogP contribution in [0.25, 0.3) is 0 Å². The number of amides is 2. The molecule has 1 N–H and O–H groups in total. The first kappa shape index (κ1) is 19.9. The van der Waals surface area contributed by atoms with Crippen LogP contribution in [-0.2, 0) is 15.8 Å². The zero-order chi connectivity index (χ0) is 19.3. The van der Waals surface area contributed by atoms with E-state index in [0.717, 1.165) is 24.3 Å². The minimum atomic E-state index is -4.43. The number of hydrogen-bond acceptors (Lipinski definition) is 3. The Morgan fingerprint density at radius 1 is 1.08 bits per heavy atom. The Bertz CT molecular complexity index is 663. The SMILES string of the molecule is CC(=O)CCC(=O)N1CCC(NC(=O)c2ccc(C(F)(F)F)cc2)CC1. The van der Waals surface area contributed by atoms with Crippen molar-refractivity contribution in [2.45, 2.75) is 44.8 Å². The van der Waals surface area contributed by atoms with E-state index in [0.29, 0.717) is 25.9 Å². The zero-order valence-corrected chi connectivity index (χ0v) is 14.4. The second-order valence-corrected chi connectivity index (χ2v) is 6.41. The minimum Gasteiger partial charge on any atom is -0.349 e. The number of nitrogens with zero attached hydrogens (tertiary/aromatic N) is 1. The van der Waals surface area contributed by atoms with E-state index < -0.39 is 17.6 Å². The van der Waals surface area contributed by atoms with E-state index in [2.05, 4.69) is 5.32 Å². The number of alkyl halides is 3. The van der Waals surface area contributed by atoms with Gasteiger partial charge in [0.15, 0.2) is 0 Å². The summed E-state index contributed by atoms with van der Waals surface area (Å²) in [5, 5.41) is 2.79. The summed E-state index contributed by atoms with van der Waals surface area (Å²) in [6.07, 6.45) is -2.88. The molecule has 1 aromatic rings. The number of nitrogens with one attached hydrogen (secondary N) is 1. The van der Waals surface area contributed by atoms with Gasteiger partial charge >= 0.3 is 6.18 Å². The smallest absolute Gasteiger partial charge is 0.349 e. The van der Waals surface area contributed by atoms with Crippen molar-refractivity contribution < 1.29 is 27.6 Å². The lowest BCUT2D eigenvalue weighted by atomic mass is 10.0. The molecule has 26 heavy (non-hydrogen) atoms. The third kappa shape index (κ3) is 5.57. The van der Waals surface area contributed by atoms with Crippen LogP contribution in [0.4, 0.5) is 13.2 Å². The number of hydrogen-bond donors (Lipinski definition) is 1. The van der Waals surface area contributed by atoms with Crippen LogP contribution in [0.5, 0.6) is 0 Å². The molecular formula is C18H21F3N2O3. The Kier molecular flexibility index (Phi) is 6.39. The quantitative estimate of drug-likeness (QED) is 0.867. The second kappa shape index (κ2) is 8.33. The van der Waals surface area contributed by atoms with Gasteiger partial charge in [-0.15, -0.1) is 0 Å². The molecule has 1 fully saturated rings. The molecule has 1 aromatic carbocycles. The maximum Gasteiger partial charge on any atom is 0.416 e. The topological polar surface area (TPSA) is 66.5 Å². The average molecular weight is 370 g/mol. The van der Waals surface area contributed by atoms with Gasteiger partial charge in [0.25, 0.3) is 5.91 Å². The van der Waals surface area contributed by atoms with E-state index >= 15 is 0 Å². The van der Waals surface area contributed by atoms with E-state index in [1.54, 1.807) is 4.90 Å². The highest BCUT2D eigenvalue weighted by molar-refractivity contribution is 5.94. The molecule has 0 saturated carbocycles. The fourth-order valence-corrected chi connectivity index (χ4v) is 2.79. The molecule has 2 rings (SSSR count). The van der Waals surface area contributed by atoms with Gasteiger partial charge in [0, 0.05) is 37.5 Å². The summed E-state index contributed by atoms with van der Waals surface area (Å²) in [4.78, 5) is 36.7. The van der Waals surface area contributed by atoms with Crippen molar-refractivity contribution in [1.29, 1.82) is 0 Å². The minimum absolute atomic E-state index is 0.0305. The second-order valence-electron chi connectivity index (χ2n) is 6.41. The van der Waals surface area contributed by atoms with E-state index in [-0.39, 0.29) is 36.1 Å². The molecule has 2 amide bonds. The Morgan fingerprint density at radius 3 is 2.15 bits per heavy atom. The Hall–Kier alpha value is -2.38. The first-order valence-electron chi connectivity index (χ1n) is 8.42. The van der Waals surface area contributed by atoms with E-state index in [4.69, 9.17) is 0 Å².